The molecule has 1 amide bonds. The van der Waals surface area contributed by atoms with E-state index < -0.39 is 5.91 Å². The first-order valence-corrected chi connectivity index (χ1v) is 8.88. The molecule has 1 aliphatic rings. The van der Waals surface area contributed by atoms with Crippen molar-refractivity contribution in [3.05, 3.63) is 28.5 Å². The van der Waals surface area contributed by atoms with Gasteiger partial charge in [0.1, 0.15) is 0 Å². The topological polar surface area (TPSA) is 40.9 Å². The molecule has 1 aliphatic carbocycles. The van der Waals surface area contributed by atoms with Crippen molar-refractivity contribution < 1.29 is 55.8 Å². The van der Waals surface area contributed by atoms with Crippen LogP contribution in [0.4, 0.5) is 0 Å². The molecule has 121 valence electrons. The van der Waals surface area contributed by atoms with Gasteiger partial charge in [0.25, 0.3) is 0 Å². The second-order valence-electron chi connectivity index (χ2n) is 4.55. The smallest absolute Gasteiger partial charge is 1.00 e. The van der Waals surface area contributed by atoms with E-state index in [-0.39, 0.29) is 51.0 Å². The number of halogens is 2. The van der Waals surface area contributed by atoms with E-state index in [9.17, 15) is 4.79 Å². The van der Waals surface area contributed by atoms with Gasteiger partial charge in [-0.25, -0.2) is 5.57 Å². The summed E-state index contributed by atoms with van der Waals surface area (Å²) in [5.74, 6) is 0.0995. The standard InChI is InChI=1S/C9H13.C4H9NO.C2H7Si.2ClH.Zr/c1-6-5-7(2)9(4)8(6)3;1-2-3-4(5)6;1-3-2;;;/h6H,1-4H3;2-3H2,1H3,(H2,5,6);3H,1-2H3;2*1H;/q-1;;;;;+4/p-3. The number of allylic oxidation sites excluding steroid dienone is 4. The van der Waals surface area contributed by atoms with E-state index in [1.54, 1.807) is 0 Å². The molecule has 1 radical (unpaired) electrons. The molecule has 21 heavy (non-hydrogen) atoms. The average Bonchev–Trinajstić information content (AvgIpc) is 2.47. The van der Waals surface area contributed by atoms with Crippen LogP contribution in [0.2, 0.25) is 13.1 Å². The van der Waals surface area contributed by atoms with Crippen LogP contribution < -0.4 is 24.8 Å². The molecule has 0 aliphatic heterocycles. The summed E-state index contributed by atoms with van der Waals surface area (Å²) in [6, 6.07) is 0. The van der Waals surface area contributed by atoms with Crippen molar-refractivity contribution in [1.82, 2.24) is 0 Å². The maximum absolute atomic E-state index is 9.71. The van der Waals surface area contributed by atoms with Gasteiger partial charge in [-0.05, 0) is 6.42 Å². The normalized spacial score (nSPS) is 14.8. The minimum atomic E-state index is -0.461. The van der Waals surface area contributed by atoms with Gasteiger partial charge in [0.15, 0.2) is 0 Å². The summed E-state index contributed by atoms with van der Waals surface area (Å²) in [6.07, 6.45) is 4.56. The first-order valence-electron chi connectivity index (χ1n) is 6.57. The van der Waals surface area contributed by atoms with Crippen LogP contribution in [0.1, 0.15) is 47.5 Å². The molecule has 0 spiro atoms. The van der Waals surface area contributed by atoms with Crippen LogP contribution >= 0.6 is 0 Å². The largest absolute Gasteiger partial charge is 4.00 e. The summed E-state index contributed by atoms with van der Waals surface area (Å²) >= 11 is 0. The summed E-state index contributed by atoms with van der Waals surface area (Å²) in [4.78, 5) is 9.71. The van der Waals surface area contributed by atoms with E-state index in [1.807, 2.05) is 6.92 Å². The van der Waals surface area contributed by atoms with Gasteiger partial charge in [-0.1, -0.05) is 53.1 Å². The molecule has 0 saturated carbocycles. The van der Waals surface area contributed by atoms with Crippen LogP contribution in [0.5, 0.6) is 0 Å². The SMILES string of the molecule is CC1=[C-]C(C)C(C)=C1C.CCCC([NH-])=O.C[SiH]C.[Cl-].[Cl-].[Zr+4]. The fourth-order valence-electron chi connectivity index (χ4n) is 1.39. The van der Waals surface area contributed by atoms with E-state index in [4.69, 9.17) is 5.73 Å². The molecular formula is C15H28Cl2NOSiZr. The van der Waals surface area contributed by atoms with Gasteiger partial charge in [0.05, 0.1) is 0 Å². The fourth-order valence-corrected chi connectivity index (χ4v) is 1.39. The third kappa shape index (κ3) is 18.6. The number of rotatable bonds is 2. The Morgan fingerprint density at radius 3 is 1.67 bits per heavy atom. The van der Waals surface area contributed by atoms with Crippen molar-refractivity contribution >= 4 is 15.4 Å². The van der Waals surface area contributed by atoms with Gasteiger partial charge < -0.3 is 35.3 Å². The molecule has 1 atom stereocenters. The summed E-state index contributed by atoms with van der Waals surface area (Å²) < 4.78 is 0. The Morgan fingerprint density at radius 2 is 1.62 bits per heavy atom. The van der Waals surface area contributed by atoms with E-state index in [2.05, 4.69) is 46.9 Å². The summed E-state index contributed by atoms with van der Waals surface area (Å²) in [5.41, 5.74) is 10.6. The zero-order chi connectivity index (χ0) is 14.7. The first kappa shape index (κ1) is 33.3. The van der Waals surface area contributed by atoms with E-state index in [1.165, 1.54) is 16.7 Å². The number of carbonyl (C=O) groups is 1. The van der Waals surface area contributed by atoms with Crippen molar-refractivity contribution in [2.24, 2.45) is 5.92 Å². The van der Waals surface area contributed by atoms with Crippen LogP contribution in [-0.2, 0) is 31.0 Å². The van der Waals surface area contributed by atoms with Gasteiger partial charge >= 0.3 is 26.2 Å². The van der Waals surface area contributed by atoms with Crippen LogP contribution in [-0.4, -0.2) is 15.4 Å². The molecule has 6 heteroatoms. The Bertz CT molecular complexity index is 321. The van der Waals surface area contributed by atoms with Crippen molar-refractivity contribution in [3.63, 3.8) is 0 Å². The van der Waals surface area contributed by atoms with Crippen LogP contribution in [0.15, 0.2) is 16.7 Å². The molecule has 0 bridgehead atoms. The van der Waals surface area contributed by atoms with Gasteiger partial charge in [-0.2, -0.15) is 11.1 Å². The minimum absolute atomic E-state index is 0. The van der Waals surface area contributed by atoms with Crippen molar-refractivity contribution in [1.29, 1.82) is 0 Å². The number of amides is 1. The number of nitrogens with one attached hydrogen (secondary N) is 1. The second kappa shape index (κ2) is 20.6. The molecular weight excluding hydrogens is 400 g/mol. The van der Waals surface area contributed by atoms with E-state index in [0.29, 0.717) is 12.3 Å². The fraction of sp³-hybridized carbons (Fsp3) is 0.667. The third-order valence-corrected chi connectivity index (χ3v) is 2.71. The van der Waals surface area contributed by atoms with Gasteiger partial charge in [-0.3, -0.25) is 6.08 Å². The van der Waals surface area contributed by atoms with Gasteiger partial charge in [-0.15, -0.1) is 6.92 Å². The predicted octanol–water partition coefficient (Wildman–Crippen LogP) is -1.39. The van der Waals surface area contributed by atoms with Crippen LogP contribution in [0.3, 0.4) is 0 Å². The predicted molar refractivity (Wildman–Crippen MR) is 83.1 cm³/mol. The maximum Gasteiger partial charge on any atom is 4.00 e. The molecule has 2 nitrogen and oxygen atoms in total. The summed E-state index contributed by atoms with van der Waals surface area (Å²) in [6.45, 7) is 15.0. The van der Waals surface area contributed by atoms with Crippen LogP contribution in [0, 0.1) is 12.0 Å². The van der Waals surface area contributed by atoms with Crippen molar-refractivity contribution in [2.75, 3.05) is 0 Å². The zero-order valence-corrected chi connectivity index (χ0v) is 19.4. The minimum Gasteiger partial charge on any atom is -1.00 e. The van der Waals surface area contributed by atoms with Gasteiger partial charge in [0, 0.05) is 15.4 Å². The molecule has 0 saturated heterocycles. The molecule has 0 aromatic carbocycles. The molecule has 0 fully saturated rings. The molecule has 0 heterocycles. The van der Waals surface area contributed by atoms with Crippen molar-refractivity contribution in [3.8, 4) is 0 Å². The third-order valence-electron chi connectivity index (χ3n) is 2.71. The first-order chi connectivity index (χ1) is 8.31. The molecule has 0 aromatic rings. The zero-order valence-electron chi connectivity index (χ0n) is 14.2. The van der Waals surface area contributed by atoms with Gasteiger partial charge in [0.2, 0.25) is 0 Å². The van der Waals surface area contributed by atoms with Crippen molar-refractivity contribution in [2.45, 2.75) is 60.6 Å². The monoisotopic (exact) mass is 426 g/mol. The molecule has 1 unspecified atom stereocenters. The number of hydrogen-bond donors (Lipinski definition) is 0. The second-order valence-corrected chi connectivity index (χ2v) is 5.70. The quantitative estimate of drug-likeness (QED) is 0.395. The molecule has 0 aromatic heterocycles. The Kier molecular flexibility index (Phi) is 32.7. The number of carbonyl (C=O) groups excluding carboxylic acids is 1. The summed E-state index contributed by atoms with van der Waals surface area (Å²) in [5, 5.41) is 0. The van der Waals surface area contributed by atoms with E-state index >= 15 is 0 Å². The summed E-state index contributed by atoms with van der Waals surface area (Å²) in [7, 11) is 0.750. The number of hydrogen-bond acceptors (Lipinski definition) is 1. The van der Waals surface area contributed by atoms with E-state index in [0.717, 1.165) is 15.9 Å². The Hall–Kier alpha value is 0.630. The Labute approximate surface area is 165 Å². The molecule has 1 rings (SSSR count). The Morgan fingerprint density at radius 1 is 1.24 bits per heavy atom. The maximum atomic E-state index is 9.71. The Balaban J connectivity index is -0.0000000637. The average molecular weight is 429 g/mol. The van der Waals surface area contributed by atoms with Crippen LogP contribution in [0.25, 0.3) is 5.73 Å². The molecule has 1 N–H and O–H groups in total.